The molecule has 2 aromatic heterocycles. The fourth-order valence-electron chi connectivity index (χ4n) is 4.01. The van der Waals surface area contributed by atoms with E-state index in [-0.39, 0.29) is 0 Å². The molecular formula is C29H40N6S. The molecule has 36 heavy (non-hydrogen) atoms. The van der Waals surface area contributed by atoms with E-state index in [1.54, 1.807) is 0 Å². The van der Waals surface area contributed by atoms with Gasteiger partial charge in [0.15, 0.2) is 0 Å². The highest BCUT2D eigenvalue weighted by atomic mass is 32.2. The van der Waals surface area contributed by atoms with Gasteiger partial charge in [-0.3, -0.25) is 0 Å². The summed E-state index contributed by atoms with van der Waals surface area (Å²) in [4.78, 5) is 11.2. The maximum atomic E-state index is 4.45. The third-order valence-electron chi connectivity index (χ3n) is 6.24. The van der Waals surface area contributed by atoms with Crippen LogP contribution < -0.4 is 10.7 Å². The summed E-state index contributed by atoms with van der Waals surface area (Å²) in [5.74, 6) is 0.888. The number of piperidine rings is 1. The maximum absolute atomic E-state index is 4.45. The first-order valence-electron chi connectivity index (χ1n) is 12.5. The zero-order valence-electron chi connectivity index (χ0n) is 22.5. The SMILES string of the molecule is C/C=C/c1ccnc(SC2CCN(C)CC2)c1.CNc1cc2cc(/C(C)=C/N(C)NC)ccc2cn1. The number of nitrogens with one attached hydrogen (secondary N) is 2. The molecule has 0 unspecified atom stereocenters. The number of anilines is 1. The Bertz CT molecular complexity index is 1170. The van der Waals surface area contributed by atoms with Crippen LogP contribution in [0.3, 0.4) is 0 Å². The van der Waals surface area contributed by atoms with Gasteiger partial charge in [0.1, 0.15) is 5.82 Å². The Hall–Kier alpha value is -2.87. The second kappa shape index (κ2) is 14.0. The van der Waals surface area contributed by atoms with Gasteiger partial charge in [-0.15, -0.1) is 11.8 Å². The van der Waals surface area contributed by atoms with Crippen LogP contribution in [0.5, 0.6) is 0 Å². The van der Waals surface area contributed by atoms with Gasteiger partial charge in [-0.2, -0.15) is 0 Å². The molecule has 3 heterocycles. The van der Waals surface area contributed by atoms with Gasteiger partial charge >= 0.3 is 0 Å². The molecule has 6 nitrogen and oxygen atoms in total. The van der Waals surface area contributed by atoms with E-state index >= 15 is 0 Å². The van der Waals surface area contributed by atoms with Crippen LogP contribution in [-0.4, -0.2) is 66.4 Å². The molecule has 1 saturated heterocycles. The molecule has 0 aliphatic carbocycles. The van der Waals surface area contributed by atoms with Crippen molar-refractivity contribution in [2.75, 3.05) is 46.6 Å². The standard InChI is InChI=1S/C15H20N4.C14H20N2S/c1-11(10-19(4)17-3)12-5-6-13-9-18-15(16-2)8-14(13)7-12;1-3-4-12-5-8-15-14(11-12)17-13-6-9-16(2)10-7-13/h5-10,17H,1-4H3,(H,16,18);3-5,8,11,13H,6-7,9-10H2,1-2H3/b11-10+;4-3+. The van der Waals surface area contributed by atoms with E-state index in [1.807, 2.05) is 57.2 Å². The van der Waals surface area contributed by atoms with Gasteiger partial charge in [0.25, 0.3) is 0 Å². The van der Waals surface area contributed by atoms with E-state index in [0.29, 0.717) is 0 Å². The summed E-state index contributed by atoms with van der Waals surface area (Å²) in [6.07, 6.45) is 12.6. The number of hydrazine groups is 1. The van der Waals surface area contributed by atoms with Gasteiger partial charge < -0.3 is 15.2 Å². The first-order chi connectivity index (χ1) is 17.4. The summed E-state index contributed by atoms with van der Waals surface area (Å²) in [6, 6.07) is 12.7. The number of rotatable bonds is 7. The molecule has 1 aliphatic heterocycles. The van der Waals surface area contributed by atoms with Crippen LogP contribution in [0.1, 0.15) is 37.8 Å². The summed E-state index contributed by atoms with van der Waals surface area (Å²) >= 11 is 1.93. The Balaban J connectivity index is 0.000000202. The van der Waals surface area contributed by atoms with Gasteiger partial charge in [0.05, 0.1) is 5.03 Å². The number of hydrogen-bond donors (Lipinski definition) is 2. The van der Waals surface area contributed by atoms with Crippen LogP contribution in [0.2, 0.25) is 0 Å². The van der Waals surface area contributed by atoms with Crippen LogP contribution >= 0.6 is 11.8 Å². The Morgan fingerprint density at radius 1 is 1.08 bits per heavy atom. The molecule has 0 radical (unpaired) electrons. The van der Waals surface area contributed by atoms with Crippen LogP contribution in [0, 0.1) is 0 Å². The highest BCUT2D eigenvalue weighted by molar-refractivity contribution is 7.99. The van der Waals surface area contributed by atoms with E-state index in [0.717, 1.165) is 21.5 Å². The Labute approximate surface area is 220 Å². The molecule has 192 valence electrons. The Morgan fingerprint density at radius 2 is 1.86 bits per heavy atom. The van der Waals surface area contributed by atoms with Gasteiger partial charge in [-0.05, 0) is 93.2 Å². The average molecular weight is 505 g/mol. The number of pyridine rings is 2. The Morgan fingerprint density at radius 3 is 2.56 bits per heavy atom. The minimum Gasteiger partial charge on any atom is -0.373 e. The predicted molar refractivity (Wildman–Crippen MR) is 157 cm³/mol. The number of aromatic nitrogens is 2. The Kier molecular flexibility index (Phi) is 10.8. The highest BCUT2D eigenvalue weighted by Gasteiger charge is 2.18. The number of allylic oxidation sites excluding steroid dienone is 2. The van der Waals surface area contributed by atoms with E-state index in [9.17, 15) is 0 Å². The number of benzene rings is 1. The average Bonchev–Trinajstić information content (AvgIpc) is 2.90. The second-order valence-electron chi connectivity index (χ2n) is 9.08. The van der Waals surface area contributed by atoms with Gasteiger partial charge in [-0.25, -0.2) is 15.4 Å². The molecule has 1 fully saturated rings. The van der Waals surface area contributed by atoms with Crippen LogP contribution in [0.25, 0.3) is 22.4 Å². The zero-order valence-corrected chi connectivity index (χ0v) is 23.3. The normalized spacial score (nSPS) is 15.1. The predicted octanol–water partition coefficient (Wildman–Crippen LogP) is 6.00. The zero-order chi connectivity index (χ0) is 25.9. The third kappa shape index (κ3) is 8.36. The largest absolute Gasteiger partial charge is 0.373 e. The summed E-state index contributed by atoms with van der Waals surface area (Å²) in [5, 5.41) is 9.24. The molecule has 0 atom stereocenters. The van der Waals surface area contributed by atoms with Crippen molar-refractivity contribution in [2.24, 2.45) is 0 Å². The van der Waals surface area contributed by atoms with Crippen LogP contribution in [-0.2, 0) is 0 Å². The van der Waals surface area contributed by atoms with E-state index in [1.165, 1.54) is 48.0 Å². The smallest absolute Gasteiger partial charge is 0.126 e. The molecule has 2 N–H and O–H groups in total. The van der Waals surface area contributed by atoms with Crippen molar-refractivity contribution in [3.63, 3.8) is 0 Å². The van der Waals surface area contributed by atoms with Crippen molar-refractivity contribution >= 4 is 40.0 Å². The lowest BCUT2D eigenvalue weighted by molar-refractivity contribution is 0.282. The minimum atomic E-state index is 0.736. The number of likely N-dealkylation sites (tertiary alicyclic amines) is 1. The van der Waals surface area contributed by atoms with Crippen LogP contribution in [0.15, 0.2) is 66.1 Å². The first kappa shape index (κ1) is 27.7. The molecule has 0 amide bonds. The summed E-state index contributed by atoms with van der Waals surface area (Å²) in [5.41, 5.74) is 6.73. The van der Waals surface area contributed by atoms with Gasteiger partial charge in [0.2, 0.25) is 0 Å². The number of thioether (sulfide) groups is 1. The quantitative estimate of drug-likeness (QED) is 0.383. The molecule has 1 aromatic carbocycles. The summed E-state index contributed by atoms with van der Waals surface area (Å²) < 4.78 is 0. The maximum Gasteiger partial charge on any atom is 0.126 e. The van der Waals surface area contributed by atoms with Crippen molar-refractivity contribution in [3.05, 3.63) is 72.2 Å². The van der Waals surface area contributed by atoms with E-state index in [2.05, 4.69) is 94.3 Å². The van der Waals surface area contributed by atoms with Crippen molar-refractivity contribution in [3.8, 4) is 0 Å². The summed E-state index contributed by atoms with van der Waals surface area (Å²) in [6.45, 7) is 6.58. The van der Waals surface area contributed by atoms with Gasteiger partial charge in [-0.1, -0.05) is 24.3 Å². The fourth-order valence-corrected chi connectivity index (χ4v) is 5.13. The highest BCUT2D eigenvalue weighted by Crippen LogP contribution is 2.29. The van der Waals surface area contributed by atoms with Crippen molar-refractivity contribution in [1.82, 2.24) is 25.3 Å². The molecule has 3 aromatic rings. The lowest BCUT2D eigenvalue weighted by Crippen LogP contribution is -2.31. The number of hydrogen-bond acceptors (Lipinski definition) is 7. The monoisotopic (exact) mass is 504 g/mol. The molecule has 1 aliphatic rings. The van der Waals surface area contributed by atoms with Crippen molar-refractivity contribution in [1.29, 1.82) is 0 Å². The van der Waals surface area contributed by atoms with Crippen LogP contribution in [0.4, 0.5) is 5.82 Å². The molecule has 4 rings (SSSR count). The topological polar surface area (TPSA) is 56.3 Å². The molecule has 7 heteroatoms. The molecule has 0 spiro atoms. The third-order valence-corrected chi connectivity index (χ3v) is 7.51. The van der Waals surface area contributed by atoms with Gasteiger partial charge in [0, 0.05) is 50.4 Å². The molecule has 0 bridgehead atoms. The van der Waals surface area contributed by atoms with Crippen molar-refractivity contribution < 1.29 is 0 Å². The second-order valence-corrected chi connectivity index (χ2v) is 10.4. The first-order valence-corrected chi connectivity index (χ1v) is 13.4. The van der Waals surface area contributed by atoms with E-state index < -0.39 is 0 Å². The lowest BCUT2D eigenvalue weighted by atomic mass is 10.0. The molecule has 0 saturated carbocycles. The molecular weight excluding hydrogens is 464 g/mol. The number of nitrogens with zero attached hydrogens (tertiary/aromatic N) is 4. The van der Waals surface area contributed by atoms with Crippen molar-refractivity contribution in [2.45, 2.75) is 37.0 Å². The minimum absolute atomic E-state index is 0.736. The summed E-state index contributed by atoms with van der Waals surface area (Å²) in [7, 11) is 7.96. The lowest BCUT2D eigenvalue weighted by Gasteiger charge is -2.28. The number of fused-ring (bicyclic) bond motifs is 1. The van der Waals surface area contributed by atoms with E-state index in [4.69, 9.17) is 0 Å². The fraction of sp³-hybridized carbons (Fsp3) is 0.379.